The maximum absolute atomic E-state index is 13.6. The van der Waals surface area contributed by atoms with Crippen LogP contribution in [0.5, 0.6) is 11.5 Å². The van der Waals surface area contributed by atoms with E-state index >= 15 is 0 Å². The Morgan fingerprint density at radius 2 is 1.68 bits per heavy atom. The van der Waals surface area contributed by atoms with Crippen molar-refractivity contribution < 1.29 is 33.3 Å². The minimum atomic E-state index is -0.838. The summed E-state index contributed by atoms with van der Waals surface area (Å²) in [4.78, 5) is 30.6. The number of pyridine rings is 1. The van der Waals surface area contributed by atoms with Crippen LogP contribution in [-0.2, 0) is 27.2 Å². The Labute approximate surface area is 306 Å². The number of methoxy groups -OCH3 is 2. The van der Waals surface area contributed by atoms with E-state index in [1.807, 2.05) is 36.4 Å². The summed E-state index contributed by atoms with van der Waals surface area (Å²) in [6.07, 6.45) is 3.67. The number of carbonyl (C=O) groups excluding carboxylic acids is 2. The lowest BCUT2D eigenvalue weighted by Crippen LogP contribution is -2.36. The highest BCUT2D eigenvalue weighted by Gasteiger charge is 2.27. The van der Waals surface area contributed by atoms with Gasteiger partial charge in [0.25, 0.3) is 0 Å². The molecule has 1 fully saturated rings. The number of thiophene rings is 1. The van der Waals surface area contributed by atoms with Crippen molar-refractivity contribution >= 4 is 46.5 Å². The molecule has 4 aromatic rings. The van der Waals surface area contributed by atoms with Gasteiger partial charge in [0.2, 0.25) is 0 Å². The number of halogens is 2. The molecule has 1 aliphatic rings. The van der Waals surface area contributed by atoms with Crippen LogP contribution in [0, 0.1) is 11.1 Å². The summed E-state index contributed by atoms with van der Waals surface area (Å²) >= 11 is 14.1. The van der Waals surface area contributed by atoms with Crippen molar-refractivity contribution in [1.29, 1.82) is 0 Å². The minimum Gasteiger partial charge on any atom is -0.619 e. The number of likely N-dealkylation sites (tertiary alicyclic amines) is 1. The van der Waals surface area contributed by atoms with Crippen LogP contribution in [0.1, 0.15) is 63.2 Å². The molecule has 2 aromatic heterocycles. The van der Waals surface area contributed by atoms with Gasteiger partial charge < -0.3 is 29.1 Å². The number of esters is 2. The Morgan fingerprint density at radius 3 is 2.34 bits per heavy atom. The third-order valence-electron chi connectivity index (χ3n) is 8.80. The Hall–Kier alpha value is -3.87. The molecule has 3 heterocycles. The van der Waals surface area contributed by atoms with Crippen molar-refractivity contribution in [3.63, 3.8) is 0 Å². The predicted octanol–water partition coefficient (Wildman–Crippen LogP) is 6.95. The monoisotopic (exact) mass is 741 g/mol. The number of nitrogens with zero attached hydrogens (tertiary/aromatic N) is 2. The Balaban J connectivity index is 1.28. The quantitative estimate of drug-likeness (QED) is 0.0786. The molecule has 0 bridgehead atoms. The Morgan fingerprint density at radius 1 is 0.980 bits per heavy atom. The van der Waals surface area contributed by atoms with Crippen LogP contribution >= 0.6 is 34.5 Å². The van der Waals surface area contributed by atoms with E-state index in [-0.39, 0.29) is 22.4 Å². The first-order valence-corrected chi connectivity index (χ1v) is 18.0. The smallest absolute Gasteiger partial charge is 0.348 e. The van der Waals surface area contributed by atoms with Gasteiger partial charge in [-0.25, -0.2) is 9.59 Å². The van der Waals surface area contributed by atoms with Crippen LogP contribution in [0.4, 0.5) is 0 Å². The zero-order valence-corrected chi connectivity index (χ0v) is 30.6. The highest BCUT2D eigenvalue weighted by molar-refractivity contribution is 7.13. The highest BCUT2D eigenvalue weighted by atomic mass is 35.5. The molecular weight excluding hydrogens is 701 g/mol. The summed E-state index contributed by atoms with van der Waals surface area (Å²) in [5.74, 6) is 0.422. The molecule has 13 heteroatoms. The molecule has 2 atom stereocenters. The van der Waals surface area contributed by atoms with Crippen molar-refractivity contribution in [2.24, 2.45) is 5.92 Å². The second-order valence-electron chi connectivity index (χ2n) is 12.0. The number of benzene rings is 2. The van der Waals surface area contributed by atoms with Crippen molar-refractivity contribution in [2.45, 2.75) is 44.9 Å². The van der Waals surface area contributed by atoms with Crippen LogP contribution in [0.3, 0.4) is 0 Å². The van der Waals surface area contributed by atoms with Crippen LogP contribution in [-0.4, -0.2) is 57.3 Å². The summed E-state index contributed by atoms with van der Waals surface area (Å²) in [6, 6.07) is 17.5. The number of hydrogen-bond acceptors (Lipinski definition) is 10. The van der Waals surface area contributed by atoms with Crippen LogP contribution in [0.25, 0.3) is 0 Å². The molecule has 2 unspecified atom stereocenters. The molecule has 5 rings (SSSR count). The number of aromatic nitrogens is 1. The van der Waals surface area contributed by atoms with E-state index in [4.69, 9.17) is 42.1 Å². The number of piperidine rings is 1. The van der Waals surface area contributed by atoms with E-state index < -0.39 is 18.1 Å². The van der Waals surface area contributed by atoms with Crippen LogP contribution in [0.2, 0.25) is 10.0 Å². The molecule has 1 N–H and O–H groups in total. The van der Waals surface area contributed by atoms with Crippen molar-refractivity contribution in [3.05, 3.63) is 115 Å². The number of nitrogens with one attached hydrogen (secondary N) is 1. The molecule has 0 aliphatic carbocycles. The van der Waals surface area contributed by atoms with Gasteiger partial charge in [0.05, 0.1) is 20.8 Å². The normalized spacial score (nSPS) is 14.9. The predicted molar refractivity (Wildman–Crippen MR) is 193 cm³/mol. The van der Waals surface area contributed by atoms with Gasteiger partial charge in [0.15, 0.2) is 23.9 Å². The Kier molecular flexibility index (Phi) is 13.4. The van der Waals surface area contributed by atoms with Gasteiger partial charge in [-0.05, 0) is 73.8 Å². The topological polar surface area (TPSA) is 113 Å². The molecule has 1 saturated heterocycles. The summed E-state index contributed by atoms with van der Waals surface area (Å²) in [7, 11) is 3.04. The minimum absolute atomic E-state index is 0.0953. The average Bonchev–Trinajstić information content (AvgIpc) is 3.61. The number of carbonyl (C=O) groups is 2. The van der Waals surface area contributed by atoms with Gasteiger partial charge in [-0.15, -0.1) is 11.3 Å². The maximum Gasteiger partial charge on any atom is 0.348 e. The average molecular weight is 743 g/mol. The highest BCUT2D eigenvalue weighted by Crippen LogP contribution is 2.36. The fourth-order valence-corrected chi connectivity index (χ4v) is 7.34. The lowest BCUT2D eigenvalue weighted by molar-refractivity contribution is -0.605. The van der Waals surface area contributed by atoms with Crippen LogP contribution in [0.15, 0.2) is 73.1 Å². The number of ether oxygens (including phenoxy) is 4. The third-order valence-corrected chi connectivity index (χ3v) is 10.5. The molecule has 50 heavy (non-hydrogen) atoms. The molecule has 10 nitrogen and oxygen atoms in total. The summed E-state index contributed by atoms with van der Waals surface area (Å²) in [5, 5.41) is 15.5. The van der Waals surface area contributed by atoms with E-state index in [0.717, 1.165) is 42.9 Å². The largest absolute Gasteiger partial charge is 0.619 e. The van der Waals surface area contributed by atoms with Gasteiger partial charge in [0, 0.05) is 23.4 Å². The van der Waals surface area contributed by atoms with Crippen molar-refractivity contribution in [2.75, 3.05) is 40.5 Å². The van der Waals surface area contributed by atoms with E-state index in [1.165, 1.54) is 38.0 Å². The molecule has 1 aliphatic heterocycles. The summed E-state index contributed by atoms with van der Waals surface area (Å²) < 4.78 is 23.3. The summed E-state index contributed by atoms with van der Waals surface area (Å²) in [5.41, 5.74) is 1.86. The van der Waals surface area contributed by atoms with Crippen LogP contribution < -0.4 is 19.5 Å². The number of hydrogen-bond donors (Lipinski definition) is 1. The third kappa shape index (κ3) is 9.67. The number of rotatable bonds is 15. The van der Waals surface area contributed by atoms with Gasteiger partial charge >= 0.3 is 11.9 Å². The SMILES string of the molecule is CCN1CCC(COC(=O)C(NCc2ccc(C(=O)OC(Cc3c(Cl)c[n+]([O-])cc3Cl)c3ccc(OC)c(OC)c3)s2)c2ccccc2)CC1. The van der Waals surface area contributed by atoms with Gasteiger partial charge in [-0.2, -0.15) is 4.73 Å². The second kappa shape index (κ2) is 17.9. The molecule has 0 amide bonds. The fraction of sp³-hybridized carbons (Fsp3) is 0.378. The molecule has 266 valence electrons. The first-order chi connectivity index (χ1) is 24.2. The zero-order chi connectivity index (χ0) is 35.6. The van der Waals surface area contributed by atoms with Gasteiger partial charge in [-0.3, -0.25) is 5.32 Å². The second-order valence-corrected chi connectivity index (χ2v) is 14.0. The summed E-state index contributed by atoms with van der Waals surface area (Å²) in [6.45, 7) is 5.96. The molecule has 0 saturated carbocycles. The zero-order valence-electron chi connectivity index (χ0n) is 28.2. The van der Waals surface area contributed by atoms with E-state index in [9.17, 15) is 14.8 Å². The standard InChI is InChI=1S/C37H41Cl2N3O7S/c1-4-41-16-14-24(15-17-41)23-48-37(44)35(25-8-6-5-7-9-25)40-20-27-11-13-34(50-27)36(43)49-32(19-28-29(38)21-42(45)22-30(28)39)26-10-12-31(46-2)33(18-26)47-3/h5-13,18,21-22,24,32,35,40H,4,14-17,19-20,23H2,1-3H3. The van der Waals surface area contributed by atoms with Gasteiger partial charge in [0.1, 0.15) is 27.1 Å². The first kappa shape index (κ1) is 37.4. The first-order valence-electron chi connectivity index (χ1n) is 16.4. The van der Waals surface area contributed by atoms with Crippen molar-refractivity contribution in [1.82, 2.24) is 10.2 Å². The Bertz CT molecular complexity index is 1730. The lowest BCUT2D eigenvalue weighted by Gasteiger charge is -2.31. The molecule has 2 aromatic carbocycles. The van der Waals surface area contributed by atoms with Crippen molar-refractivity contribution in [3.8, 4) is 11.5 Å². The van der Waals surface area contributed by atoms with E-state index in [1.54, 1.807) is 24.3 Å². The fourth-order valence-electron chi connectivity index (χ4n) is 5.90. The molecule has 0 radical (unpaired) electrons. The lowest BCUT2D eigenvalue weighted by atomic mass is 9.98. The van der Waals surface area contributed by atoms with Gasteiger partial charge in [-0.1, -0.05) is 66.5 Å². The molecule has 0 spiro atoms. The molecular formula is C37H41Cl2N3O7S. The van der Waals surface area contributed by atoms with E-state index in [2.05, 4.69) is 17.1 Å². The van der Waals surface area contributed by atoms with E-state index in [0.29, 0.717) is 51.3 Å². The maximum atomic E-state index is 13.6.